The second-order valence-corrected chi connectivity index (χ2v) is 8.96. The van der Waals surface area contributed by atoms with Crippen LogP contribution in [0, 0.1) is 13.8 Å². The van der Waals surface area contributed by atoms with E-state index in [1.165, 1.54) is 0 Å². The van der Waals surface area contributed by atoms with Crippen LogP contribution in [0.15, 0.2) is 78.9 Å². The monoisotopic (exact) mass is 472 g/mol. The highest BCUT2D eigenvalue weighted by Crippen LogP contribution is 2.17. The molecule has 0 aliphatic rings. The number of aryl methyl sites for hydroxylation is 2. The van der Waals surface area contributed by atoms with Crippen molar-refractivity contribution in [2.45, 2.75) is 52.6 Å². The van der Waals surface area contributed by atoms with Gasteiger partial charge in [0.2, 0.25) is 5.91 Å². The third kappa shape index (κ3) is 8.29. The van der Waals surface area contributed by atoms with Crippen LogP contribution >= 0.6 is 0 Å². The molecule has 3 rings (SSSR count). The van der Waals surface area contributed by atoms with Crippen molar-refractivity contribution in [1.82, 2.24) is 10.2 Å². The highest BCUT2D eigenvalue weighted by molar-refractivity contribution is 5.88. The van der Waals surface area contributed by atoms with Gasteiger partial charge in [-0.15, -0.1) is 0 Å². The molecule has 184 valence electrons. The van der Waals surface area contributed by atoms with Crippen LogP contribution in [0.4, 0.5) is 0 Å². The van der Waals surface area contributed by atoms with Crippen LogP contribution in [0.2, 0.25) is 0 Å². The van der Waals surface area contributed by atoms with Crippen LogP contribution in [-0.2, 0) is 22.6 Å². The maximum atomic E-state index is 13.6. The number of carbonyl (C=O) groups is 2. The van der Waals surface area contributed by atoms with E-state index in [4.69, 9.17) is 4.74 Å². The predicted molar refractivity (Wildman–Crippen MR) is 140 cm³/mol. The molecule has 0 bridgehead atoms. The Hall–Kier alpha value is -3.60. The Morgan fingerprint density at radius 1 is 0.886 bits per heavy atom. The number of hydrogen-bond donors (Lipinski definition) is 1. The fourth-order valence-corrected chi connectivity index (χ4v) is 3.93. The zero-order valence-electron chi connectivity index (χ0n) is 21.0. The van der Waals surface area contributed by atoms with Gasteiger partial charge in [-0.05, 0) is 43.5 Å². The quantitative estimate of drug-likeness (QED) is 0.367. The minimum atomic E-state index is -0.649. The highest BCUT2D eigenvalue weighted by atomic mass is 16.5. The number of unbranched alkanes of at least 4 members (excludes halogenated alkanes) is 1. The summed E-state index contributed by atoms with van der Waals surface area (Å²) in [6.45, 7) is 6.90. The summed E-state index contributed by atoms with van der Waals surface area (Å²) >= 11 is 0. The van der Waals surface area contributed by atoms with Gasteiger partial charge in [-0.2, -0.15) is 0 Å². The molecule has 0 aliphatic heterocycles. The van der Waals surface area contributed by atoms with E-state index < -0.39 is 6.04 Å². The average Bonchev–Trinajstić information content (AvgIpc) is 2.86. The first kappa shape index (κ1) is 26.0. The minimum absolute atomic E-state index is 0.137. The molecular weight excluding hydrogens is 436 g/mol. The topological polar surface area (TPSA) is 58.6 Å². The van der Waals surface area contributed by atoms with Gasteiger partial charge < -0.3 is 15.0 Å². The molecule has 0 saturated heterocycles. The maximum Gasteiger partial charge on any atom is 0.261 e. The number of ether oxygens (including phenoxy) is 1. The molecule has 0 unspecified atom stereocenters. The van der Waals surface area contributed by atoms with Crippen molar-refractivity contribution in [3.05, 3.63) is 101 Å². The Kier molecular flexibility index (Phi) is 9.91. The molecule has 0 spiro atoms. The van der Waals surface area contributed by atoms with Crippen molar-refractivity contribution < 1.29 is 14.3 Å². The van der Waals surface area contributed by atoms with Gasteiger partial charge in [0.15, 0.2) is 6.61 Å². The van der Waals surface area contributed by atoms with Crippen LogP contribution in [0.3, 0.4) is 0 Å². The summed E-state index contributed by atoms with van der Waals surface area (Å²) in [4.78, 5) is 28.6. The summed E-state index contributed by atoms with van der Waals surface area (Å²) in [5.74, 6) is 0.267. The number of carbonyl (C=O) groups excluding carboxylic acids is 2. The SMILES string of the molecule is CCCCNC(=O)[C@@H](Cc1ccccc1)N(Cc1cccc(C)c1)C(=O)COc1ccc(C)cc1. The van der Waals surface area contributed by atoms with E-state index in [9.17, 15) is 9.59 Å². The largest absolute Gasteiger partial charge is 0.484 e. The molecule has 0 aliphatic carbocycles. The Morgan fingerprint density at radius 3 is 2.29 bits per heavy atom. The first-order valence-electron chi connectivity index (χ1n) is 12.3. The second kappa shape index (κ2) is 13.3. The Labute approximate surface area is 209 Å². The zero-order chi connectivity index (χ0) is 25.0. The number of hydrogen-bond acceptors (Lipinski definition) is 3. The molecule has 3 aromatic rings. The fourth-order valence-electron chi connectivity index (χ4n) is 3.93. The molecule has 0 heterocycles. The molecule has 0 saturated carbocycles. The number of rotatable bonds is 12. The van der Waals surface area contributed by atoms with Gasteiger partial charge in [0, 0.05) is 19.5 Å². The number of nitrogens with zero attached hydrogens (tertiary/aromatic N) is 1. The lowest BCUT2D eigenvalue weighted by molar-refractivity contribution is -0.142. The molecule has 5 nitrogen and oxygen atoms in total. The standard InChI is InChI=1S/C30H36N2O3/c1-4-5-18-31-30(34)28(20-25-11-7-6-8-12-25)32(21-26-13-9-10-24(3)19-26)29(33)22-35-27-16-14-23(2)15-17-27/h6-17,19,28H,4-5,18,20-22H2,1-3H3,(H,31,34)/t28-/m1/s1. The van der Waals surface area contributed by atoms with Gasteiger partial charge in [0.05, 0.1) is 0 Å². The number of amides is 2. The first-order chi connectivity index (χ1) is 17.0. The third-order valence-corrected chi connectivity index (χ3v) is 5.92. The van der Waals surface area contributed by atoms with Gasteiger partial charge in [-0.25, -0.2) is 0 Å². The summed E-state index contributed by atoms with van der Waals surface area (Å²) in [7, 11) is 0. The van der Waals surface area contributed by atoms with Crippen LogP contribution in [0.25, 0.3) is 0 Å². The lowest BCUT2D eigenvalue weighted by Crippen LogP contribution is -2.51. The molecule has 0 fully saturated rings. The highest BCUT2D eigenvalue weighted by Gasteiger charge is 2.30. The Bertz CT molecular complexity index is 1080. The van der Waals surface area contributed by atoms with E-state index in [0.717, 1.165) is 35.1 Å². The molecule has 3 aromatic carbocycles. The maximum absolute atomic E-state index is 13.6. The lowest BCUT2D eigenvalue weighted by atomic mass is 10.0. The Morgan fingerprint density at radius 2 is 1.60 bits per heavy atom. The summed E-state index contributed by atoms with van der Waals surface area (Å²) in [6.07, 6.45) is 2.31. The average molecular weight is 473 g/mol. The summed E-state index contributed by atoms with van der Waals surface area (Å²) in [5.41, 5.74) is 4.21. The van der Waals surface area contributed by atoms with E-state index >= 15 is 0 Å². The van der Waals surface area contributed by atoms with Crippen LogP contribution < -0.4 is 10.1 Å². The molecule has 1 N–H and O–H groups in total. The summed E-state index contributed by atoms with van der Waals surface area (Å²) in [6, 6.07) is 24.8. The van der Waals surface area contributed by atoms with Gasteiger partial charge in [0.25, 0.3) is 5.91 Å². The van der Waals surface area contributed by atoms with Crippen molar-refractivity contribution in [1.29, 1.82) is 0 Å². The molecule has 1 atom stereocenters. The predicted octanol–water partition coefficient (Wildman–Crippen LogP) is 5.24. The van der Waals surface area contributed by atoms with Gasteiger partial charge >= 0.3 is 0 Å². The van der Waals surface area contributed by atoms with E-state index in [2.05, 4.69) is 18.3 Å². The fraction of sp³-hybridized carbons (Fsp3) is 0.333. The molecule has 5 heteroatoms. The van der Waals surface area contributed by atoms with Crippen LogP contribution in [0.5, 0.6) is 5.75 Å². The van der Waals surface area contributed by atoms with Crippen molar-refractivity contribution in [3.8, 4) is 5.75 Å². The Balaban J connectivity index is 1.87. The van der Waals surface area contributed by atoms with Crippen molar-refractivity contribution in [3.63, 3.8) is 0 Å². The minimum Gasteiger partial charge on any atom is -0.484 e. The molecule has 35 heavy (non-hydrogen) atoms. The molecular formula is C30H36N2O3. The smallest absolute Gasteiger partial charge is 0.261 e. The van der Waals surface area contributed by atoms with Crippen molar-refractivity contribution >= 4 is 11.8 Å². The first-order valence-corrected chi connectivity index (χ1v) is 12.3. The van der Waals surface area contributed by atoms with E-state index in [1.54, 1.807) is 4.90 Å². The molecule has 0 radical (unpaired) electrons. The van der Waals surface area contributed by atoms with Crippen molar-refractivity contribution in [2.24, 2.45) is 0 Å². The van der Waals surface area contributed by atoms with E-state index in [-0.39, 0.29) is 18.4 Å². The van der Waals surface area contributed by atoms with E-state index in [1.807, 2.05) is 86.6 Å². The van der Waals surface area contributed by atoms with Crippen LogP contribution in [0.1, 0.15) is 42.0 Å². The normalized spacial score (nSPS) is 11.5. The summed E-state index contributed by atoms with van der Waals surface area (Å²) in [5, 5.41) is 3.04. The van der Waals surface area contributed by atoms with E-state index in [0.29, 0.717) is 25.3 Å². The van der Waals surface area contributed by atoms with Gasteiger partial charge in [-0.3, -0.25) is 9.59 Å². The van der Waals surface area contributed by atoms with Crippen molar-refractivity contribution in [2.75, 3.05) is 13.2 Å². The van der Waals surface area contributed by atoms with Gasteiger partial charge in [0.1, 0.15) is 11.8 Å². The molecule has 0 aromatic heterocycles. The zero-order valence-corrected chi connectivity index (χ0v) is 21.0. The lowest BCUT2D eigenvalue weighted by Gasteiger charge is -2.31. The third-order valence-electron chi connectivity index (χ3n) is 5.92. The summed E-state index contributed by atoms with van der Waals surface area (Å²) < 4.78 is 5.82. The van der Waals surface area contributed by atoms with Crippen LogP contribution in [-0.4, -0.2) is 35.9 Å². The number of nitrogens with one attached hydrogen (secondary N) is 1. The second-order valence-electron chi connectivity index (χ2n) is 8.96. The molecule has 2 amide bonds. The number of benzene rings is 3. The van der Waals surface area contributed by atoms with Gasteiger partial charge in [-0.1, -0.05) is 91.2 Å².